The lowest BCUT2D eigenvalue weighted by Crippen LogP contribution is -2.10. The van der Waals surface area contributed by atoms with Gasteiger partial charge < -0.3 is 25.7 Å². The van der Waals surface area contributed by atoms with Gasteiger partial charge in [-0.05, 0) is 29.8 Å². The van der Waals surface area contributed by atoms with Crippen LogP contribution in [0.5, 0.6) is 5.75 Å². The first-order valence-corrected chi connectivity index (χ1v) is 10.5. The van der Waals surface area contributed by atoms with E-state index in [-0.39, 0.29) is 10.9 Å². The van der Waals surface area contributed by atoms with Crippen LogP contribution in [-0.4, -0.2) is 29.8 Å². The van der Waals surface area contributed by atoms with Crippen molar-refractivity contribution in [1.29, 1.82) is 0 Å². The van der Waals surface area contributed by atoms with Crippen LogP contribution in [0.4, 0.5) is 10.7 Å². The van der Waals surface area contributed by atoms with Gasteiger partial charge in [0.1, 0.15) is 21.7 Å². The summed E-state index contributed by atoms with van der Waals surface area (Å²) in [6, 6.07) is 12.7. The second kappa shape index (κ2) is 9.21. The van der Waals surface area contributed by atoms with E-state index in [0.29, 0.717) is 15.6 Å². The topological polar surface area (TPSA) is 102 Å². The number of hydrogen-bond donors (Lipinski definition) is 3. The number of fused-ring (bicyclic) bond motifs is 1. The van der Waals surface area contributed by atoms with Gasteiger partial charge in [-0.2, -0.15) is 0 Å². The Balaban J connectivity index is 0.000000169. The molecule has 1 aliphatic heterocycles. The molecule has 29 heavy (non-hydrogen) atoms. The maximum atomic E-state index is 11.0. The first kappa shape index (κ1) is 21.0. The quantitative estimate of drug-likeness (QED) is 0.478. The van der Waals surface area contributed by atoms with E-state index in [1.165, 1.54) is 23.1 Å². The molecule has 1 aliphatic rings. The Morgan fingerprint density at radius 3 is 2.62 bits per heavy atom. The molecule has 4 N–H and O–H groups in total. The van der Waals surface area contributed by atoms with Crippen LogP contribution >= 0.6 is 34.7 Å². The number of halogens is 1. The predicted molar refractivity (Wildman–Crippen MR) is 118 cm³/mol. The summed E-state index contributed by atoms with van der Waals surface area (Å²) in [6.07, 6.45) is 0.893. The van der Waals surface area contributed by atoms with Gasteiger partial charge in [-0.1, -0.05) is 41.6 Å². The van der Waals surface area contributed by atoms with Crippen molar-refractivity contribution in [2.45, 2.75) is 10.3 Å². The van der Waals surface area contributed by atoms with Gasteiger partial charge in [0.15, 0.2) is 6.29 Å². The maximum absolute atomic E-state index is 11.0. The average molecular weight is 449 g/mol. The molecule has 0 amide bonds. The molecule has 1 aromatic heterocycles. The number of carboxylic acid groups (broad SMARTS) is 1. The number of rotatable bonds is 4. The molecule has 0 saturated heterocycles. The summed E-state index contributed by atoms with van der Waals surface area (Å²) in [5.41, 5.74) is 8.14. The van der Waals surface area contributed by atoms with Gasteiger partial charge in [0, 0.05) is 20.9 Å². The Labute approximate surface area is 180 Å². The second-order valence-corrected chi connectivity index (χ2v) is 8.38. The average Bonchev–Trinajstić information content (AvgIpc) is 3.32. The largest absolute Gasteiger partial charge is 0.495 e. The molecule has 150 valence electrons. The van der Waals surface area contributed by atoms with E-state index in [4.69, 9.17) is 27.2 Å². The lowest BCUT2D eigenvalue weighted by molar-refractivity contribution is -0.107. The van der Waals surface area contributed by atoms with Gasteiger partial charge in [0.05, 0.1) is 12.8 Å². The summed E-state index contributed by atoms with van der Waals surface area (Å²) in [5.74, 6) is -0.224. The lowest BCUT2D eigenvalue weighted by atomic mass is 10.0. The van der Waals surface area contributed by atoms with Crippen LogP contribution in [0, 0.1) is 0 Å². The van der Waals surface area contributed by atoms with E-state index in [9.17, 15) is 9.59 Å². The fourth-order valence-electron chi connectivity index (χ4n) is 2.73. The maximum Gasteiger partial charge on any atom is 0.339 e. The van der Waals surface area contributed by atoms with Crippen molar-refractivity contribution in [3.8, 4) is 16.9 Å². The Morgan fingerprint density at radius 2 is 2.00 bits per heavy atom. The second-order valence-electron chi connectivity index (χ2n) is 5.85. The number of ether oxygens (including phenoxy) is 1. The van der Waals surface area contributed by atoms with E-state index in [0.717, 1.165) is 28.2 Å². The number of anilines is 2. The molecule has 1 unspecified atom stereocenters. The summed E-state index contributed by atoms with van der Waals surface area (Å²) in [5, 5.41) is 14.6. The highest BCUT2D eigenvalue weighted by Gasteiger charge is 2.23. The van der Waals surface area contributed by atoms with Crippen LogP contribution in [0.1, 0.15) is 10.4 Å². The van der Waals surface area contributed by atoms with Crippen molar-refractivity contribution in [3.05, 3.63) is 58.4 Å². The molecule has 1 atom stereocenters. The third-order valence-corrected chi connectivity index (χ3v) is 6.20. The van der Waals surface area contributed by atoms with E-state index >= 15 is 0 Å². The highest BCUT2D eigenvalue weighted by Crippen LogP contribution is 2.43. The summed E-state index contributed by atoms with van der Waals surface area (Å²) >= 11 is 8.50. The van der Waals surface area contributed by atoms with Gasteiger partial charge in [0.25, 0.3) is 0 Å². The monoisotopic (exact) mass is 448 g/mol. The minimum atomic E-state index is -1.01. The Bertz CT molecular complexity index is 1040. The van der Waals surface area contributed by atoms with E-state index in [2.05, 4.69) is 5.32 Å². The molecular weight excluding hydrogens is 432 g/mol. The lowest BCUT2D eigenvalue weighted by Gasteiger charge is -2.06. The fraction of sp³-hybridized carbons (Fsp3) is 0.100. The van der Waals surface area contributed by atoms with Gasteiger partial charge in [-0.15, -0.1) is 11.3 Å². The van der Waals surface area contributed by atoms with Gasteiger partial charge >= 0.3 is 5.97 Å². The van der Waals surface area contributed by atoms with Crippen LogP contribution < -0.4 is 15.8 Å². The van der Waals surface area contributed by atoms with Crippen molar-refractivity contribution in [1.82, 2.24) is 0 Å². The number of carbonyl (C=O) groups excluding carboxylic acids is 1. The van der Waals surface area contributed by atoms with Gasteiger partial charge in [-0.3, -0.25) is 0 Å². The molecule has 9 heteroatoms. The third kappa shape index (κ3) is 4.67. The zero-order valence-electron chi connectivity index (χ0n) is 15.2. The summed E-state index contributed by atoms with van der Waals surface area (Å²) in [7, 11) is 1.62. The highest BCUT2D eigenvalue weighted by molar-refractivity contribution is 8.01. The van der Waals surface area contributed by atoms with Crippen molar-refractivity contribution in [3.63, 3.8) is 0 Å². The number of methoxy groups -OCH3 is 1. The number of carboxylic acids is 1. The summed E-state index contributed by atoms with van der Waals surface area (Å²) in [4.78, 5) is 22.7. The van der Waals surface area contributed by atoms with Crippen molar-refractivity contribution < 1.29 is 19.4 Å². The smallest absolute Gasteiger partial charge is 0.339 e. The van der Waals surface area contributed by atoms with E-state index < -0.39 is 5.97 Å². The number of thioether (sulfide) groups is 1. The predicted octanol–water partition coefficient (Wildman–Crippen LogP) is 5.09. The minimum Gasteiger partial charge on any atom is -0.495 e. The minimum absolute atomic E-state index is 0.160. The number of aldehydes is 1. The standard InChI is InChI=1S/C11H8ClNO2S.C9H9NO2S/c12-7-3-1-6(2-4-7)8-5-16-10(13)9(8)11(14)15;1-12-6-3-2-4-7-9(6)10-8(5-11)13-7/h1-5H,13H2,(H,14,15);2-5,8,10H,1H3. The molecule has 0 radical (unpaired) electrons. The van der Waals surface area contributed by atoms with Crippen LogP contribution in [0.2, 0.25) is 5.02 Å². The van der Waals surface area contributed by atoms with Crippen LogP contribution in [0.15, 0.2) is 52.7 Å². The Morgan fingerprint density at radius 1 is 1.28 bits per heavy atom. The molecule has 4 rings (SSSR count). The molecule has 6 nitrogen and oxygen atoms in total. The number of carbonyl (C=O) groups is 2. The molecule has 2 heterocycles. The third-order valence-electron chi connectivity index (χ3n) is 4.06. The van der Waals surface area contributed by atoms with Crippen molar-refractivity contribution in [2.24, 2.45) is 0 Å². The molecular formula is C20H17ClN2O4S2. The highest BCUT2D eigenvalue weighted by atomic mass is 35.5. The normalized spacial score (nSPS) is 14.2. The van der Waals surface area contributed by atoms with Crippen molar-refractivity contribution >= 4 is 57.6 Å². The molecule has 0 spiro atoms. The molecule has 0 aliphatic carbocycles. The number of nitrogens with two attached hydrogens (primary N) is 1. The van der Waals surface area contributed by atoms with Crippen LogP contribution in [0.25, 0.3) is 11.1 Å². The Kier molecular flexibility index (Phi) is 6.68. The summed E-state index contributed by atoms with van der Waals surface area (Å²) in [6.45, 7) is 0. The number of nitrogen functional groups attached to an aromatic ring is 1. The number of thiophene rings is 1. The number of para-hydroxylation sites is 1. The molecule has 3 aromatic rings. The number of hydrogen-bond acceptors (Lipinski definition) is 7. The van der Waals surface area contributed by atoms with E-state index in [1.807, 2.05) is 18.2 Å². The SMILES string of the molecule is COc1cccc2c1NC(C=O)S2.Nc1scc(-c2ccc(Cl)cc2)c1C(=O)O. The van der Waals surface area contributed by atoms with Gasteiger partial charge in [0.2, 0.25) is 0 Å². The number of nitrogens with one attached hydrogen (secondary N) is 1. The van der Waals surface area contributed by atoms with E-state index in [1.54, 1.807) is 36.8 Å². The zero-order chi connectivity index (χ0) is 21.0. The number of aromatic carboxylic acids is 1. The van der Waals surface area contributed by atoms with Crippen molar-refractivity contribution in [2.75, 3.05) is 18.2 Å². The molecule has 0 bridgehead atoms. The zero-order valence-corrected chi connectivity index (χ0v) is 17.6. The van der Waals surface area contributed by atoms with Crippen LogP contribution in [0.3, 0.4) is 0 Å². The van der Waals surface area contributed by atoms with Crippen LogP contribution in [-0.2, 0) is 4.79 Å². The first-order valence-electron chi connectivity index (χ1n) is 8.36. The first-order chi connectivity index (χ1) is 13.9. The molecule has 2 aromatic carbocycles. The van der Waals surface area contributed by atoms with Gasteiger partial charge in [-0.25, -0.2) is 4.79 Å². The fourth-order valence-corrected chi connectivity index (χ4v) is 4.61. The summed E-state index contributed by atoms with van der Waals surface area (Å²) < 4.78 is 5.16. The molecule has 0 saturated carbocycles. The number of benzene rings is 2. The molecule has 0 fully saturated rings. The Hall–Kier alpha value is -2.68.